The molecule has 0 saturated carbocycles. The number of carbonyl (C=O) groups is 4. The number of ketones is 1. The molecule has 0 bridgehead atoms. The molecule has 0 aliphatic carbocycles. The molecule has 2 aromatic rings. The second kappa shape index (κ2) is 8.86. The molecule has 32 heavy (non-hydrogen) atoms. The standard InChI is InChI=1S/C23H23FN4O4/c1-27-19(21(30)26-12-16-4-2-3-10-25-16)17-9-11-28(13-14-5-7-15(24)8-6-14)22(31)18(17)20(29)23(27)32/h2-8,10,17-19H,9,11-13H2,1H3,(H,26,30). The summed E-state index contributed by atoms with van der Waals surface area (Å²) in [6, 6.07) is 10.2. The van der Waals surface area contributed by atoms with E-state index < -0.39 is 41.4 Å². The summed E-state index contributed by atoms with van der Waals surface area (Å²) in [6.07, 6.45) is 2.00. The zero-order valence-corrected chi connectivity index (χ0v) is 17.5. The van der Waals surface area contributed by atoms with Crippen LogP contribution in [-0.4, -0.2) is 57.9 Å². The summed E-state index contributed by atoms with van der Waals surface area (Å²) in [4.78, 5) is 58.3. The molecule has 3 atom stereocenters. The SMILES string of the molecule is CN1C(=O)C(=O)C2C(=O)N(Cc3ccc(F)cc3)CCC2C1C(=O)NCc1ccccn1. The van der Waals surface area contributed by atoms with Crippen LogP contribution in [0.5, 0.6) is 0 Å². The van der Waals surface area contributed by atoms with Crippen molar-refractivity contribution < 1.29 is 23.6 Å². The van der Waals surface area contributed by atoms with Crippen molar-refractivity contribution in [3.8, 4) is 0 Å². The zero-order valence-electron chi connectivity index (χ0n) is 17.5. The lowest BCUT2D eigenvalue weighted by atomic mass is 9.73. The van der Waals surface area contributed by atoms with E-state index in [1.54, 1.807) is 36.5 Å². The molecule has 1 N–H and O–H groups in total. The summed E-state index contributed by atoms with van der Waals surface area (Å²) in [6.45, 7) is 0.709. The van der Waals surface area contributed by atoms with E-state index in [1.165, 1.54) is 24.1 Å². The van der Waals surface area contributed by atoms with E-state index in [1.807, 2.05) is 0 Å². The third-order valence-corrected chi connectivity index (χ3v) is 6.10. The van der Waals surface area contributed by atoms with Crippen molar-refractivity contribution in [3.63, 3.8) is 0 Å². The van der Waals surface area contributed by atoms with Gasteiger partial charge in [0.15, 0.2) is 0 Å². The predicted molar refractivity (Wildman–Crippen MR) is 111 cm³/mol. The molecule has 2 aliphatic heterocycles. The number of likely N-dealkylation sites (N-methyl/N-ethyl adjacent to an activating group) is 1. The Morgan fingerprint density at radius 3 is 2.59 bits per heavy atom. The average Bonchev–Trinajstić information content (AvgIpc) is 2.80. The van der Waals surface area contributed by atoms with Gasteiger partial charge in [0, 0.05) is 32.3 Å². The van der Waals surface area contributed by atoms with Gasteiger partial charge < -0.3 is 15.1 Å². The molecule has 2 saturated heterocycles. The second-order valence-corrected chi connectivity index (χ2v) is 8.08. The van der Waals surface area contributed by atoms with Crippen LogP contribution in [0.3, 0.4) is 0 Å². The first-order valence-corrected chi connectivity index (χ1v) is 10.4. The Morgan fingerprint density at radius 2 is 1.91 bits per heavy atom. The Kier molecular flexibility index (Phi) is 5.98. The number of pyridine rings is 1. The van der Waals surface area contributed by atoms with E-state index >= 15 is 0 Å². The summed E-state index contributed by atoms with van der Waals surface area (Å²) in [5.41, 5.74) is 1.37. The van der Waals surface area contributed by atoms with Gasteiger partial charge in [-0.2, -0.15) is 0 Å². The number of aromatic nitrogens is 1. The number of rotatable bonds is 5. The highest BCUT2D eigenvalue weighted by molar-refractivity contribution is 6.41. The van der Waals surface area contributed by atoms with Crippen LogP contribution in [0.4, 0.5) is 4.39 Å². The van der Waals surface area contributed by atoms with Gasteiger partial charge in [-0.25, -0.2) is 4.39 Å². The topological polar surface area (TPSA) is 99.7 Å². The van der Waals surface area contributed by atoms with Crippen LogP contribution in [-0.2, 0) is 32.3 Å². The van der Waals surface area contributed by atoms with Crippen molar-refractivity contribution in [1.29, 1.82) is 0 Å². The van der Waals surface area contributed by atoms with Gasteiger partial charge in [-0.1, -0.05) is 18.2 Å². The molecule has 166 valence electrons. The number of nitrogens with zero attached hydrogens (tertiary/aromatic N) is 3. The maximum atomic E-state index is 13.2. The summed E-state index contributed by atoms with van der Waals surface area (Å²) < 4.78 is 13.2. The van der Waals surface area contributed by atoms with E-state index in [0.29, 0.717) is 18.7 Å². The molecular formula is C23H23FN4O4. The number of carbonyl (C=O) groups excluding carboxylic acids is 4. The van der Waals surface area contributed by atoms with E-state index in [0.717, 1.165) is 10.5 Å². The van der Waals surface area contributed by atoms with Crippen molar-refractivity contribution >= 4 is 23.5 Å². The van der Waals surface area contributed by atoms with Crippen LogP contribution in [0, 0.1) is 17.7 Å². The fourth-order valence-corrected chi connectivity index (χ4v) is 4.45. The van der Waals surface area contributed by atoms with Gasteiger partial charge >= 0.3 is 0 Å². The highest BCUT2D eigenvalue weighted by Gasteiger charge is 2.55. The lowest BCUT2D eigenvalue weighted by molar-refractivity contribution is -0.166. The van der Waals surface area contributed by atoms with Crippen LogP contribution in [0.1, 0.15) is 17.7 Å². The largest absolute Gasteiger partial charge is 0.349 e. The molecule has 2 fully saturated rings. The highest BCUT2D eigenvalue weighted by atomic mass is 19.1. The van der Waals surface area contributed by atoms with Crippen molar-refractivity contribution in [2.45, 2.75) is 25.6 Å². The Labute approximate surface area is 184 Å². The maximum absolute atomic E-state index is 13.2. The Hall–Kier alpha value is -3.62. The van der Waals surface area contributed by atoms with Gasteiger partial charge in [0.1, 0.15) is 17.8 Å². The summed E-state index contributed by atoms with van der Waals surface area (Å²) in [5.74, 6) is -4.71. The monoisotopic (exact) mass is 438 g/mol. The molecule has 0 spiro atoms. The van der Waals surface area contributed by atoms with Crippen molar-refractivity contribution in [1.82, 2.24) is 20.1 Å². The fourth-order valence-electron chi connectivity index (χ4n) is 4.45. The first-order chi connectivity index (χ1) is 15.4. The van der Waals surface area contributed by atoms with Crippen LogP contribution < -0.4 is 5.32 Å². The maximum Gasteiger partial charge on any atom is 0.291 e. The van der Waals surface area contributed by atoms with Gasteiger partial charge in [0.2, 0.25) is 17.6 Å². The molecule has 1 aromatic heterocycles. The first kappa shape index (κ1) is 21.6. The Morgan fingerprint density at radius 1 is 1.16 bits per heavy atom. The van der Waals surface area contributed by atoms with E-state index in [-0.39, 0.29) is 18.9 Å². The molecule has 4 rings (SSSR count). The number of fused-ring (bicyclic) bond motifs is 1. The van der Waals surface area contributed by atoms with Crippen molar-refractivity contribution in [3.05, 3.63) is 65.7 Å². The normalized spacial score (nSPS) is 23.2. The Bertz CT molecular complexity index is 1040. The number of nitrogens with one attached hydrogen (secondary N) is 1. The molecule has 2 aliphatic rings. The van der Waals surface area contributed by atoms with Crippen molar-refractivity contribution in [2.24, 2.45) is 11.8 Å². The number of amides is 3. The van der Waals surface area contributed by atoms with E-state index in [2.05, 4.69) is 10.3 Å². The molecule has 3 amide bonds. The number of hydrogen-bond donors (Lipinski definition) is 1. The second-order valence-electron chi connectivity index (χ2n) is 8.08. The lowest BCUT2D eigenvalue weighted by Gasteiger charge is -2.45. The molecular weight excluding hydrogens is 415 g/mol. The molecule has 3 heterocycles. The number of piperidine rings is 2. The van der Waals surface area contributed by atoms with Gasteiger partial charge in [0.05, 0.1) is 12.2 Å². The third-order valence-electron chi connectivity index (χ3n) is 6.10. The summed E-state index contributed by atoms with van der Waals surface area (Å²) in [5, 5.41) is 2.77. The molecule has 8 nitrogen and oxygen atoms in total. The van der Waals surface area contributed by atoms with Crippen LogP contribution >= 0.6 is 0 Å². The fraction of sp³-hybridized carbons (Fsp3) is 0.348. The van der Waals surface area contributed by atoms with Gasteiger partial charge in [-0.05, 0) is 36.2 Å². The number of likely N-dealkylation sites (tertiary alicyclic amines) is 2. The minimum Gasteiger partial charge on any atom is -0.349 e. The number of hydrogen-bond acceptors (Lipinski definition) is 5. The van der Waals surface area contributed by atoms with Gasteiger partial charge in [-0.3, -0.25) is 24.2 Å². The quantitative estimate of drug-likeness (QED) is 0.553. The predicted octanol–water partition coefficient (Wildman–Crippen LogP) is 0.911. The van der Waals surface area contributed by atoms with Crippen LogP contribution in [0.25, 0.3) is 0 Å². The van der Waals surface area contributed by atoms with Gasteiger partial charge in [0.25, 0.3) is 5.91 Å². The Balaban J connectivity index is 1.51. The van der Waals surface area contributed by atoms with Crippen molar-refractivity contribution in [2.75, 3.05) is 13.6 Å². The third kappa shape index (κ3) is 4.10. The number of benzene rings is 1. The van der Waals surface area contributed by atoms with E-state index in [4.69, 9.17) is 0 Å². The van der Waals surface area contributed by atoms with Crippen LogP contribution in [0.15, 0.2) is 48.7 Å². The molecule has 0 radical (unpaired) electrons. The average molecular weight is 438 g/mol. The smallest absolute Gasteiger partial charge is 0.291 e. The minimum atomic E-state index is -1.20. The first-order valence-electron chi connectivity index (χ1n) is 10.4. The number of Topliss-reactive ketones (excluding diaryl/α,β-unsaturated/α-hetero) is 1. The molecule has 3 unspecified atom stereocenters. The summed E-state index contributed by atoms with van der Waals surface area (Å²) >= 11 is 0. The number of halogens is 1. The summed E-state index contributed by atoms with van der Waals surface area (Å²) in [7, 11) is 1.41. The van der Waals surface area contributed by atoms with E-state index in [9.17, 15) is 23.6 Å². The lowest BCUT2D eigenvalue weighted by Crippen LogP contribution is -2.65. The zero-order chi connectivity index (χ0) is 22.8. The minimum absolute atomic E-state index is 0.175. The highest BCUT2D eigenvalue weighted by Crippen LogP contribution is 2.35. The van der Waals surface area contributed by atoms with Crippen LogP contribution in [0.2, 0.25) is 0 Å². The van der Waals surface area contributed by atoms with Gasteiger partial charge in [-0.15, -0.1) is 0 Å². The molecule has 9 heteroatoms. The molecule has 1 aromatic carbocycles.